The molecule has 0 bridgehead atoms. The summed E-state index contributed by atoms with van der Waals surface area (Å²) >= 11 is 1.70. The predicted molar refractivity (Wildman–Crippen MR) is 61.0 cm³/mol. The van der Waals surface area contributed by atoms with Crippen LogP contribution in [-0.4, -0.2) is 40.8 Å². The van der Waals surface area contributed by atoms with Gasteiger partial charge >= 0.3 is 0 Å². The first-order valence-electron chi connectivity index (χ1n) is 5.01. The monoisotopic (exact) mass is 230 g/mol. The van der Waals surface area contributed by atoms with E-state index in [1.54, 1.807) is 18.9 Å². The van der Waals surface area contributed by atoms with Crippen LogP contribution < -0.4 is 5.73 Å². The van der Waals surface area contributed by atoms with Gasteiger partial charge in [-0.2, -0.15) is 0 Å². The fourth-order valence-electron chi connectivity index (χ4n) is 1.22. The first kappa shape index (κ1) is 12.5. The molecular formula is C9H18N4OS. The normalized spacial score (nSPS) is 10.9. The number of ether oxygens (including phenoxy) is 1. The smallest absolute Gasteiger partial charge is 0.191 e. The average Bonchev–Trinajstić information content (AvgIpc) is 2.57. The van der Waals surface area contributed by atoms with Crippen LogP contribution in [0.4, 0.5) is 0 Å². The zero-order chi connectivity index (χ0) is 11.1. The fourth-order valence-corrected chi connectivity index (χ4v) is 2.14. The molecule has 0 atom stereocenters. The van der Waals surface area contributed by atoms with Gasteiger partial charge in [0.2, 0.25) is 0 Å². The molecule has 0 spiro atoms. The summed E-state index contributed by atoms with van der Waals surface area (Å²) in [6.07, 6.45) is 1.02. The maximum absolute atomic E-state index is 5.53. The Balaban J connectivity index is 2.45. The molecular weight excluding hydrogens is 212 g/mol. The Hall–Kier alpha value is -0.590. The van der Waals surface area contributed by atoms with Gasteiger partial charge in [-0.25, -0.2) is 0 Å². The Bertz CT molecular complexity index is 290. The van der Waals surface area contributed by atoms with Crippen LogP contribution in [0.3, 0.4) is 0 Å². The predicted octanol–water partition coefficient (Wildman–Crippen LogP) is 0.674. The van der Waals surface area contributed by atoms with Gasteiger partial charge in [-0.1, -0.05) is 11.8 Å². The van der Waals surface area contributed by atoms with Crippen molar-refractivity contribution >= 4 is 11.8 Å². The highest BCUT2D eigenvalue weighted by Crippen LogP contribution is 2.17. The average molecular weight is 230 g/mol. The molecule has 2 N–H and O–H groups in total. The molecule has 0 aliphatic heterocycles. The van der Waals surface area contributed by atoms with Crippen molar-refractivity contribution in [3.05, 3.63) is 5.82 Å². The van der Waals surface area contributed by atoms with Gasteiger partial charge < -0.3 is 15.0 Å². The van der Waals surface area contributed by atoms with Crippen LogP contribution in [0.25, 0.3) is 0 Å². The third-order valence-electron chi connectivity index (χ3n) is 1.98. The largest absolute Gasteiger partial charge is 0.385 e. The number of nitrogens with zero attached hydrogens (tertiary/aromatic N) is 3. The van der Waals surface area contributed by atoms with Gasteiger partial charge in [0, 0.05) is 32.6 Å². The standard InChI is InChI=1S/C9H18N4OS/c1-8-11-12-9(13(8)5-4-10)15-7-3-6-14-2/h3-7,10H2,1-2H3. The molecule has 0 saturated carbocycles. The Morgan fingerprint density at radius 1 is 1.47 bits per heavy atom. The molecule has 1 aromatic heterocycles. The maximum atomic E-state index is 5.53. The molecule has 15 heavy (non-hydrogen) atoms. The first-order chi connectivity index (χ1) is 7.29. The second-order valence-corrected chi connectivity index (χ2v) is 4.23. The molecule has 0 amide bonds. The molecule has 0 fully saturated rings. The zero-order valence-electron chi connectivity index (χ0n) is 9.27. The van der Waals surface area contributed by atoms with Crippen molar-refractivity contribution < 1.29 is 4.74 Å². The van der Waals surface area contributed by atoms with Crippen molar-refractivity contribution in [2.75, 3.05) is 26.0 Å². The summed E-state index contributed by atoms with van der Waals surface area (Å²) in [6.45, 7) is 4.13. The fraction of sp³-hybridized carbons (Fsp3) is 0.778. The highest BCUT2D eigenvalue weighted by Gasteiger charge is 2.07. The molecule has 0 radical (unpaired) electrons. The second kappa shape index (κ2) is 6.81. The van der Waals surface area contributed by atoms with Crippen LogP contribution in [0, 0.1) is 6.92 Å². The van der Waals surface area contributed by atoms with Gasteiger partial charge in [-0.3, -0.25) is 0 Å². The number of methoxy groups -OCH3 is 1. The van der Waals surface area contributed by atoms with E-state index in [1.165, 1.54) is 0 Å². The summed E-state index contributed by atoms with van der Waals surface area (Å²) in [6, 6.07) is 0. The van der Waals surface area contributed by atoms with E-state index in [4.69, 9.17) is 10.5 Å². The SMILES string of the molecule is COCCCSc1nnc(C)n1CCN. The molecule has 0 aliphatic rings. The van der Waals surface area contributed by atoms with Crippen LogP contribution >= 0.6 is 11.8 Å². The maximum Gasteiger partial charge on any atom is 0.191 e. The number of rotatable bonds is 7. The first-order valence-corrected chi connectivity index (χ1v) is 5.99. The van der Waals surface area contributed by atoms with Gasteiger partial charge in [-0.05, 0) is 13.3 Å². The van der Waals surface area contributed by atoms with E-state index in [0.717, 1.165) is 36.3 Å². The van der Waals surface area contributed by atoms with E-state index in [9.17, 15) is 0 Å². The molecule has 5 nitrogen and oxygen atoms in total. The third-order valence-corrected chi connectivity index (χ3v) is 3.03. The van der Waals surface area contributed by atoms with Crippen molar-refractivity contribution in [1.29, 1.82) is 0 Å². The topological polar surface area (TPSA) is 66.0 Å². The van der Waals surface area contributed by atoms with Gasteiger partial charge in [0.05, 0.1) is 0 Å². The molecule has 1 aromatic rings. The molecule has 0 saturated heterocycles. The summed E-state index contributed by atoms with van der Waals surface area (Å²) in [5.41, 5.74) is 5.53. The second-order valence-electron chi connectivity index (χ2n) is 3.16. The van der Waals surface area contributed by atoms with Crippen LogP contribution in [0.15, 0.2) is 5.16 Å². The summed E-state index contributed by atoms with van der Waals surface area (Å²) < 4.78 is 7.04. The van der Waals surface area contributed by atoms with Crippen LogP contribution in [-0.2, 0) is 11.3 Å². The highest BCUT2D eigenvalue weighted by atomic mass is 32.2. The van der Waals surface area contributed by atoms with Crippen molar-refractivity contribution in [3.8, 4) is 0 Å². The minimum Gasteiger partial charge on any atom is -0.385 e. The van der Waals surface area contributed by atoms with Crippen molar-refractivity contribution in [2.24, 2.45) is 5.73 Å². The highest BCUT2D eigenvalue weighted by molar-refractivity contribution is 7.99. The van der Waals surface area contributed by atoms with Crippen molar-refractivity contribution in [3.63, 3.8) is 0 Å². The van der Waals surface area contributed by atoms with E-state index in [2.05, 4.69) is 14.8 Å². The lowest BCUT2D eigenvalue weighted by Crippen LogP contribution is -2.12. The lowest BCUT2D eigenvalue weighted by atomic mass is 10.5. The molecule has 6 heteroatoms. The number of thioether (sulfide) groups is 1. The van der Waals surface area contributed by atoms with Crippen LogP contribution in [0.2, 0.25) is 0 Å². The summed E-state index contributed by atoms with van der Waals surface area (Å²) in [5.74, 6) is 1.92. The van der Waals surface area contributed by atoms with E-state index in [1.807, 2.05) is 6.92 Å². The number of aryl methyl sites for hydroxylation is 1. The van der Waals surface area contributed by atoms with Crippen molar-refractivity contribution in [1.82, 2.24) is 14.8 Å². The molecule has 0 aromatic carbocycles. The summed E-state index contributed by atoms with van der Waals surface area (Å²) in [7, 11) is 1.71. The Kier molecular flexibility index (Phi) is 5.67. The Morgan fingerprint density at radius 3 is 2.93 bits per heavy atom. The van der Waals surface area contributed by atoms with E-state index >= 15 is 0 Å². The lowest BCUT2D eigenvalue weighted by molar-refractivity contribution is 0.200. The van der Waals surface area contributed by atoms with Crippen molar-refractivity contribution in [2.45, 2.75) is 25.0 Å². The van der Waals surface area contributed by atoms with Crippen LogP contribution in [0.5, 0.6) is 0 Å². The van der Waals surface area contributed by atoms with Gasteiger partial charge in [-0.15, -0.1) is 10.2 Å². The molecule has 1 heterocycles. The van der Waals surface area contributed by atoms with E-state index in [-0.39, 0.29) is 0 Å². The quantitative estimate of drug-likeness (QED) is 0.551. The minimum atomic E-state index is 0.616. The minimum absolute atomic E-state index is 0.616. The van der Waals surface area contributed by atoms with Gasteiger partial charge in [0.15, 0.2) is 5.16 Å². The number of hydrogen-bond acceptors (Lipinski definition) is 5. The molecule has 0 unspecified atom stereocenters. The molecule has 1 rings (SSSR count). The van der Waals surface area contributed by atoms with Gasteiger partial charge in [0.25, 0.3) is 0 Å². The summed E-state index contributed by atoms with van der Waals surface area (Å²) in [4.78, 5) is 0. The number of hydrogen-bond donors (Lipinski definition) is 1. The zero-order valence-corrected chi connectivity index (χ0v) is 10.1. The summed E-state index contributed by atoms with van der Waals surface area (Å²) in [5, 5.41) is 9.10. The Labute approximate surface area is 94.4 Å². The van der Waals surface area contributed by atoms with Gasteiger partial charge in [0.1, 0.15) is 5.82 Å². The molecule has 0 aliphatic carbocycles. The third kappa shape index (κ3) is 3.81. The lowest BCUT2D eigenvalue weighted by Gasteiger charge is -2.05. The van der Waals surface area contributed by atoms with E-state index < -0.39 is 0 Å². The number of aromatic nitrogens is 3. The number of nitrogens with two attached hydrogens (primary N) is 1. The van der Waals surface area contributed by atoms with E-state index in [0.29, 0.717) is 6.54 Å². The molecule has 86 valence electrons. The Morgan fingerprint density at radius 2 is 2.27 bits per heavy atom. The van der Waals surface area contributed by atoms with Crippen LogP contribution in [0.1, 0.15) is 12.2 Å².